The van der Waals surface area contributed by atoms with Crippen LogP contribution in [0.25, 0.3) is 0 Å². The molecule has 0 saturated heterocycles. The van der Waals surface area contributed by atoms with Crippen LogP contribution in [0.15, 0.2) is 6.07 Å². The molecule has 0 heterocycles. The molecule has 0 spiro atoms. The molecule has 0 atom stereocenters. The molecule has 2 nitrogen and oxygen atoms in total. The highest BCUT2D eigenvalue weighted by molar-refractivity contribution is 5.79. The van der Waals surface area contributed by atoms with Crippen molar-refractivity contribution in [1.82, 2.24) is 0 Å². The Kier molecular flexibility index (Phi) is 2.55. The third kappa shape index (κ3) is 1.49. The molecule has 1 rings (SSSR count). The molecule has 1 aromatic carbocycles. The SMILES string of the molecule is COc1c(C=O)cc(F)c(F)c1F. The summed E-state index contributed by atoms with van der Waals surface area (Å²) in [6.07, 6.45) is 0.185. The van der Waals surface area contributed by atoms with Gasteiger partial charge in [-0.3, -0.25) is 4.79 Å². The Balaban J connectivity index is 3.47. The molecule has 5 heteroatoms. The van der Waals surface area contributed by atoms with Gasteiger partial charge in [0.1, 0.15) is 0 Å². The Morgan fingerprint density at radius 1 is 1.31 bits per heavy atom. The van der Waals surface area contributed by atoms with Gasteiger partial charge in [-0.1, -0.05) is 0 Å². The molecule has 0 unspecified atom stereocenters. The Morgan fingerprint density at radius 2 is 1.92 bits per heavy atom. The smallest absolute Gasteiger partial charge is 0.204 e. The molecule has 0 amide bonds. The molecule has 0 fully saturated rings. The number of aldehydes is 1. The van der Waals surface area contributed by atoms with Crippen LogP contribution in [-0.2, 0) is 0 Å². The lowest BCUT2D eigenvalue weighted by atomic mass is 10.2. The van der Waals surface area contributed by atoms with E-state index in [9.17, 15) is 18.0 Å². The predicted octanol–water partition coefficient (Wildman–Crippen LogP) is 1.93. The van der Waals surface area contributed by atoms with E-state index in [2.05, 4.69) is 4.74 Å². The van der Waals surface area contributed by atoms with Crippen LogP contribution in [0.1, 0.15) is 10.4 Å². The minimum atomic E-state index is -1.65. The molecular formula is C8H5F3O2. The topological polar surface area (TPSA) is 26.3 Å². The number of methoxy groups -OCH3 is 1. The number of rotatable bonds is 2. The predicted molar refractivity (Wildman–Crippen MR) is 38.3 cm³/mol. The van der Waals surface area contributed by atoms with Gasteiger partial charge in [0, 0.05) is 0 Å². The molecular weight excluding hydrogens is 185 g/mol. The first-order chi connectivity index (χ1) is 6.11. The van der Waals surface area contributed by atoms with Gasteiger partial charge < -0.3 is 4.74 Å². The van der Waals surface area contributed by atoms with Gasteiger partial charge in [-0.15, -0.1) is 0 Å². The molecule has 70 valence electrons. The second kappa shape index (κ2) is 3.47. The zero-order valence-electron chi connectivity index (χ0n) is 6.61. The van der Waals surface area contributed by atoms with Crippen LogP contribution < -0.4 is 4.74 Å². The minimum Gasteiger partial charge on any atom is -0.493 e. The van der Waals surface area contributed by atoms with E-state index < -0.39 is 23.2 Å². The third-order valence-corrected chi connectivity index (χ3v) is 1.48. The molecule has 0 radical (unpaired) electrons. The molecule has 0 bridgehead atoms. The summed E-state index contributed by atoms with van der Waals surface area (Å²) in [5, 5.41) is 0. The highest BCUT2D eigenvalue weighted by Gasteiger charge is 2.18. The highest BCUT2D eigenvalue weighted by Crippen LogP contribution is 2.25. The van der Waals surface area contributed by atoms with Crippen LogP contribution >= 0.6 is 0 Å². The van der Waals surface area contributed by atoms with E-state index in [0.717, 1.165) is 7.11 Å². The first-order valence-corrected chi connectivity index (χ1v) is 3.28. The van der Waals surface area contributed by atoms with Crippen LogP contribution in [-0.4, -0.2) is 13.4 Å². The largest absolute Gasteiger partial charge is 0.493 e. The fraction of sp³-hybridized carbons (Fsp3) is 0.125. The average molecular weight is 190 g/mol. The Bertz CT molecular complexity index is 350. The third-order valence-electron chi connectivity index (χ3n) is 1.48. The maximum atomic E-state index is 12.8. The van der Waals surface area contributed by atoms with Crippen molar-refractivity contribution in [3.8, 4) is 5.75 Å². The number of hydrogen-bond acceptors (Lipinski definition) is 2. The van der Waals surface area contributed by atoms with E-state index in [0.29, 0.717) is 6.07 Å². The molecule has 0 aliphatic heterocycles. The quantitative estimate of drug-likeness (QED) is 0.526. The van der Waals surface area contributed by atoms with E-state index in [1.54, 1.807) is 0 Å². The molecule has 0 aliphatic rings. The summed E-state index contributed by atoms with van der Waals surface area (Å²) < 4.78 is 42.3. The number of ether oxygens (including phenoxy) is 1. The summed E-state index contributed by atoms with van der Waals surface area (Å²) in [6.45, 7) is 0. The Morgan fingerprint density at radius 3 is 2.38 bits per heavy atom. The van der Waals surface area contributed by atoms with Gasteiger partial charge in [0.2, 0.25) is 5.82 Å². The van der Waals surface area contributed by atoms with Crippen molar-refractivity contribution in [3.05, 3.63) is 29.1 Å². The average Bonchev–Trinajstić information content (AvgIpc) is 2.13. The number of benzene rings is 1. The van der Waals surface area contributed by atoms with Gasteiger partial charge in [-0.25, -0.2) is 8.78 Å². The first-order valence-electron chi connectivity index (χ1n) is 3.28. The van der Waals surface area contributed by atoms with Crippen LogP contribution in [0, 0.1) is 17.5 Å². The van der Waals surface area contributed by atoms with E-state index in [1.165, 1.54) is 0 Å². The fourth-order valence-corrected chi connectivity index (χ4v) is 0.892. The first kappa shape index (κ1) is 9.57. The second-order valence-electron chi connectivity index (χ2n) is 2.23. The molecule has 13 heavy (non-hydrogen) atoms. The zero-order chi connectivity index (χ0) is 10.0. The van der Waals surface area contributed by atoms with Crippen molar-refractivity contribution in [1.29, 1.82) is 0 Å². The molecule has 1 aromatic rings. The normalized spacial score (nSPS) is 9.85. The van der Waals surface area contributed by atoms with E-state index >= 15 is 0 Å². The van der Waals surface area contributed by atoms with Crippen molar-refractivity contribution in [2.24, 2.45) is 0 Å². The van der Waals surface area contributed by atoms with Crippen LogP contribution in [0.5, 0.6) is 5.75 Å². The van der Waals surface area contributed by atoms with Gasteiger partial charge in [0.05, 0.1) is 12.7 Å². The summed E-state index contributed by atoms with van der Waals surface area (Å²) in [7, 11) is 1.06. The summed E-state index contributed by atoms with van der Waals surface area (Å²) in [5.41, 5.74) is -0.362. The van der Waals surface area contributed by atoms with Gasteiger partial charge in [-0.05, 0) is 6.07 Å². The standard InChI is InChI=1S/C8H5F3O2/c1-13-8-4(3-12)2-5(9)6(10)7(8)11/h2-3H,1H3. The van der Waals surface area contributed by atoms with Gasteiger partial charge in [0.25, 0.3) is 0 Å². The van der Waals surface area contributed by atoms with Crippen LogP contribution in [0.3, 0.4) is 0 Å². The summed E-state index contributed by atoms with van der Waals surface area (Å²) in [5.74, 6) is -5.15. The van der Waals surface area contributed by atoms with Crippen molar-refractivity contribution in [2.45, 2.75) is 0 Å². The van der Waals surface area contributed by atoms with E-state index in [1.807, 2.05) is 0 Å². The maximum absolute atomic E-state index is 12.8. The zero-order valence-corrected chi connectivity index (χ0v) is 6.61. The maximum Gasteiger partial charge on any atom is 0.204 e. The lowest BCUT2D eigenvalue weighted by Crippen LogP contribution is -2.00. The number of carbonyl (C=O) groups excluding carboxylic acids is 1. The molecule has 0 N–H and O–H groups in total. The lowest BCUT2D eigenvalue weighted by molar-refractivity contribution is 0.111. The molecule has 0 saturated carbocycles. The van der Waals surface area contributed by atoms with Gasteiger partial charge in [0.15, 0.2) is 23.7 Å². The number of carbonyl (C=O) groups is 1. The highest BCUT2D eigenvalue weighted by atomic mass is 19.2. The fourth-order valence-electron chi connectivity index (χ4n) is 0.892. The molecule has 0 aromatic heterocycles. The minimum absolute atomic E-state index is 0.185. The van der Waals surface area contributed by atoms with Crippen molar-refractivity contribution >= 4 is 6.29 Å². The summed E-state index contributed by atoms with van der Waals surface area (Å²) in [4.78, 5) is 10.3. The second-order valence-corrected chi connectivity index (χ2v) is 2.23. The van der Waals surface area contributed by atoms with Crippen molar-refractivity contribution in [2.75, 3.05) is 7.11 Å². The van der Waals surface area contributed by atoms with Gasteiger partial charge in [-0.2, -0.15) is 4.39 Å². The Hall–Kier alpha value is -1.52. The monoisotopic (exact) mass is 190 g/mol. The number of halogens is 3. The summed E-state index contributed by atoms with van der Waals surface area (Å²) in [6, 6.07) is 0.574. The van der Waals surface area contributed by atoms with Crippen LogP contribution in [0.4, 0.5) is 13.2 Å². The molecule has 0 aliphatic carbocycles. The summed E-state index contributed by atoms with van der Waals surface area (Å²) >= 11 is 0. The van der Waals surface area contributed by atoms with Crippen molar-refractivity contribution in [3.63, 3.8) is 0 Å². The van der Waals surface area contributed by atoms with E-state index in [-0.39, 0.29) is 11.8 Å². The van der Waals surface area contributed by atoms with Crippen molar-refractivity contribution < 1.29 is 22.7 Å². The lowest BCUT2D eigenvalue weighted by Gasteiger charge is -2.05. The Labute approximate surface area is 71.9 Å². The van der Waals surface area contributed by atoms with Gasteiger partial charge >= 0.3 is 0 Å². The number of hydrogen-bond donors (Lipinski definition) is 0. The van der Waals surface area contributed by atoms with E-state index in [4.69, 9.17) is 0 Å². The van der Waals surface area contributed by atoms with Crippen LogP contribution in [0.2, 0.25) is 0 Å².